The van der Waals surface area contributed by atoms with Crippen LogP contribution in [0, 0.1) is 0 Å². The van der Waals surface area contributed by atoms with Gasteiger partial charge in [-0.05, 0) is 85.0 Å². The minimum absolute atomic E-state index is 0.00715. The number of benzene rings is 3. The Morgan fingerprint density at radius 3 is 2.20 bits per heavy atom. The number of Topliss-reactive ketones (excluding diaryl/α,β-unsaturated/α-hetero) is 1. The number of rotatable bonds is 21. The minimum Gasteiger partial charge on any atom is -0.379 e. The van der Waals surface area contributed by atoms with Gasteiger partial charge in [0.05, 0.1) is 37.1 Å². The first-order chi connectivity index (χ1) is 24.6. The van der Waals surface area contributed by atoms with Crippen molar-refractivity contribution in [3.63, 3.8) is 0 Å². The predicted octanol–water partition coefficient (Wildman–Crippen LogP) is 6.91. The normalized spacial score (nSPS) is 14.6. The van der Waals surface area contributed by atoms with Crippen molar-refractivity contribution in [2.24, 2.45) is 0 Å². The van der Waals surface area contributed by atoms with Gasteiger partial charge in [0.15, 0.2) is 9.84 Å². The molecule has 1 heterocycles. The molecule has 1 atom stereocenters. The number of nitrogens with zero attached hydrogens (tertiary/aromatic N) is 1. The topological polar surface area (TPSA) is 123 Å². The molecule has 51 heavy (non-hydrogen) atoms. The van der Waals surface area contributed by atoms with Crippen molar-refractivity contribution in [1.29, 1.82) is 0 Å². The molecule has 3 aromatic carbocycles. The van der Waals surface area contributed by atoms with E-state index in [1.807, 2.05) is 44.3 Å². The fourth-order valence-corrected chi connectivity index (χ4v) is 7.71. The van der Waals surface area contributed by atoms with Crippen LogP contribution in [0.1, 0.15) is 60.8 Å². The van der Waals surface area contributed by atoms with Gasteiger partial charge in [-0.15, -0.1) is 0 Å². The van der Waals surface area contributed by atoms with E-state index in [2.05, 4.69) is 15.5 Å². The highest BCUT2D eigenvalue weighted by Gasteiger charge is 2.27. The molecule has 0 fully saturated rings. The third-order valence-corrected chi connectivity index (χ3v) is 10.8. The number of hydrogen-bond acceptors (Lipinski definition) is 8. The van der Waals surface area contributed by atoms with Crippen molar-refractivity contribution in [2.75, 3.05) is 70.8 Å². The molecule has 1 unspecified atom stereocenters. The molecule has 2 N–H and O–H groups in total. The van der Waals surface area contributed by atoms with Crippen LogP contribution < -0.4 is 10.6 Å². The summed E-state index contributed by atoms with van der Waals surface area (Å²) in [6.45, 7) is 6.46. The summed E-state index contributed by atoms with van der Waals surface area (Å²) in [6, 6.07) is 17.9. The van der Waals surface area contributed by atoms with E-state index in [4.69, 9.17) is 37.4 Å². The molecule has 0 saturated heterocycles. The van der Waals surface area contributed by atoms with Crippen LogP contribution in [0.4, 0.5) is 10.5 Å². The highest BCUT2D eigenvalue weighted by molar-refractivity contribution is 7.91. The van der Waals surface area contributed by atoms with E-state index in [9.17, 15) is 18.0 Å². The lowest BCUT2D eigenvalue weighted by molar-refractivity contribution is -0.118. The second kappa shape index (κ2) is 20.9. The fraction of sp³-hybridized carbons (Fsp3) is 0.474. The van der Waals surface area contributed by atoms with E-state index in [0.29, 0.717) is 92.5 Å². The Hall–Kier alpha value is -3.03. The highest BCUT2D eigenvalue weighted by Crippen LogP contribution is 2.38. The summed E-state index contributed by atoms with van der Waals surface area (Å²) in [4.78, 5) is 26.6. The number of ether oxygens (including phenoxy) is 3. The van der Waals surface area contributed by atoms with Crippen LogP contribution in [0.25, 0.3) is 0 Å². The summed E-state index contributed by atoms with van der Waals surface area (Å²) >= 11 is 12.8. The summed E-state index contributed by atoms with van der Waals surface area (Å²) in [5, 5.41) is 6.76. The van der Waals surface area contributed by atoms with E-state index in [0.717, 1.165) is 41.8 Å². The fourth-order valence-electron chi connectivity index (χ4n) is 5.86. The number of carbonyl (C=O) groups is 2. The van der Waals surface area contributed by atoms with Crippen LogP contribution >= 0.6 is 23.2 Å². The molecule has 4 rings (SSSR count). The molecule has 0 aliphatic carbocycles. The van der Waals surface area contributed by atoms with Gasteiger partial charge in [-0.2, -0.15) is 0 Å². The maximum Gasteiger partial charge on any atom is 0.319 e. The maximum atomic E-state index is 13.0. The highest BCUT2D eigenvalue weighted by atomic mass is 35.5. The summed E-state index contributed by atoms with van der Waals surface area (Å²) in [5.41, 5.74) is 4.73. The Labute approximate surface area is 312 Å². The first-order valence-corrected chi connectivity index (χ1v) is 19.8. The first kappa shape index (κ1) is 40.7. The number of urea groups is 1. The van der Waals surface area contributed by atoms with Crippen molar-refractivity contribution in [3.8, 4) is 0 Å². The van der Waals surface area contributed by atoms with Crippen LogP contribution in [0.3, 0.4) is 0 Å². The number of fused-ring (bicyclic) bond motifs is 1. The lowest BCUT2D eigenvalue weighted by Gasteiger charge is -2.33. The molecule has 2 amide bonds. The molecule has 0 radical (unpaired) electrons. The zero-order valence-electron chi connectivity index (χ0n) is 29.4. The molecular formula is C38H49Cl2N3O7S. The molecule has 13 heteroatoms. The van der Waals surface area contributed by atoms with Gasteiger partial charge in [0.25, 0.3) is 0 Å². The number of ketones is 1. The molecule has 1 aliphatic heterocycles. The molecule has 0 bridgehead atoms. The van der Waals surface area contributed by atoms with Crippen LogP contribution in [0.2, 0.25) is 10.0 Å². The van der Waals surface area contributed by atoms with Crippen LogP contribution in [-0.2, 0) is 41.8 Å². The molecule has 1 aliphatic rings. The van der Waals surface area contributed by atoms with Gasteiger partial charge in [-0.3, -0.25) is 4.79 Å². The maximum absolute atomic E-state index is 13.0. The van der Waals surface area contributed by atoms with Crippen molar-refractivity contribution < 1.29 is 32.2 Å². The molecule has 0 spiro atoms. The molecule has 278 valence electrons. The Kier molecular flexibility index (Phi) is 16.7. The average Bonchev–Trinajstić information content (AvgIpc) is 3.10. The van der Waals surface area contributed by atoms with Crippen molar-refractivity contribution in [3.05, 3.63) is 93.0 Å². The lowest BCUT2D eigenvalue weighted by atomic mass is 9.85. The molecule has 0 aromatic heterocycles. The third kappa shape index (κ3) is 13.5. The van der Waals surface area contributed by atoms with Gasteiger partial charge in [-0.1, -0.05) is 54.4 Å². The second-order valence-electron chi connectivity index (χ2n) is 12.7. The van der Waals surface area contributed by atoms with E-state index in [-0.39, 0.29) is 23.5 Å². The number of halogens is 2. The van der Waals surface area contributed by atoms with E-state index >= 15 is 0 Å². The summed E-state index contributed by atoms with van der Waals surface area (Å²) in [7, 11) is -1.41. The van der Waals surface area contributed by atoms with Crippen LogP contribution in [0.5, 0.6) is 0 Å². The number of hydrogen-bond donors (Lipinski definition) is 2. The molecule has 3 aromatic rings. The first-order valence-electron chi connectivity index (χ1n) is 17.4. The average molecular weight is 763 g/mol. The van der Waals surface area contributed by atoms with Crippen molar-refractivity contribution in [1.82, 2.24) is 10.2 Å². The van der Waals surface area contributed by atoms with E-state index < -0.39 is 9.84 Å². The second-order valence-corrected chi connectivity index (χ2v) is 15.6. The number of anilines is 1. The number of sulfone groups is 1. The van der Waals surface area contributed by atoms with Crippen molar-refractivity contribution in [2.45, 2.75) is 56.4 Å². The lowest BCUT2D eigenvalue weighted by Crippen LogP contribution is -2.31. The van der Waals surface area contributed by atoms with Crippen molar-refractivity contribution >= 4 is 50.5 Å². The Balaban J connectivity index is 1.02. The Morgan fingerprint density at radius 1 is 0.882 bits per heavy atom. The molecule has 0 saturated carbocycles. The predicted molar refractivity (Wildman–Crippen MR) is 202 cm³/mol. The van der Waals surface area contributed by atoms with Crippen LogP contribution in [0.15, 0.2) is 65.6 Å². The van der Waals surface area contributed by atoms with Gasteiger partial charge >= 0.3 is 6.03 Å². The summed E-state index contributed by atoms with van der Waals surface area (Å²) in [5.74, 6) is 0.167. The summed E-state index contributed by atoms with van der Waals surface area (Å²) in [6.07, 6.45) is 2.64. The number of amides is 2. The molecule has 10 nitrogen and oxygen atoms in total. The van der Waals surface area contributed by atoms with Gasteiger partial charge < -0.3 is 29.7 Å². The zero-order valence-corrected chi connectivity index (χ0v) is 31.8. The molecular weight excluding hydrogens is 713 g/mol. The number of nitrogens with one attached hydrogen (secondary N) is 2. The zero-order chi connectivity index (χ0) is 36.6. The summed E-state index contributed by atoms with van der Waals surface area (Å²) < 4.78 is 42.6. The Bertz CT molecular complexity index is 1670. The smallest absolute Gasteiger partial charge is 0.319 e. The van der Waals surface area contributed by atoms with Crippen LogP contribution in [-0.4, -0.2) is 90.7 Å². The Morgan fingerprint density at radius 2 is 1.53 bits per heavy atom. The number of likely N-dealkylation sites (N-methyl/N-ethyl adjacent to an activating group) is 1. The van der Waals surface area contributed by atoms with Gasteiger partial charge in [-0.25, -0.2) is 13.2 Å². The van der Waals surface area contributed by atoms with Gasteiger partial charge in [0.2, 0.25) is 0 Å². The standard InChI is InChI=1S/C38H49Cl2N3O7S/c1-3-15-41-38(45)42-31-11-7-28(8-12-31)23-32(44)6-4-16-48-18-20-50-21-19-49-17-5-22-51(46,47)33-13-9-29(10-14-33)35-26-43(2)27-36-34(35)24-30(39)25-37(36)40/h7-14,24-25,35H,3-6,15-23,26-27H2,1-2H3,(H2,41,42,45). The van der Waals surface area contributed by atoms with Gasteiger partial charge in [0.1, 0.15) is 5.78 Å². The number of carbonyl (C=O) groups excluding carboxylic acids is 2. The van der Waals surface area contributed by atoms with Gasteiger partial charge in [0, 0.05) is 67.3 Å². The van der Waals surface area contributed by atoms with E-state index in [1.54, 1.807) is 30.3 Å². The SMILES string of the molecule is CCCNC(=O)Nc1ccc(CC(=O)CCCOCCOCCOCCCS(=O)(=O)c2ccc(C3CN(C)Cc4c(Cl)cc(Cl)cc43)cc2)cc1. The van der Waals surface area contributed by atoms with E-state index in [1.165, 1.54) is 0 Å². The third-order valence-electron chi connectivity index (χ3n) is 8.47. The minimum atomic E-state index is -3.45. The monoisotopic (exact) mass is 761 g/mol. The largest absolute Gasteiger partial charge is 0.379 e. The quantitative estimate of drug-likeness (QED) is 0.112.